The summed E-state index contributed by atoms with van der Waals surface area (Å²) >= 11 is 3.40. The molecular formula is C17H25BrFN. The summed E-state index contributed by atoms with van der Waals surface area (Å²) in [7, 11) is 0. The Morgan fingerprint density at radius 3 is 2.85 bits per heavy atom. The molecule has 1 aliphatic rings. The lowest BCUT2D eigenvalue weighted by molar-refractivity contribution is 0.184. The van der Waals surface area contributed by atoms with E-state index in [1.807, 2.05) is 6.07 Å². The van der Waals surface area contributed by atoms with E-state index in [1.54, 1.807) is 0 Å². The van der Waals surface area contributed by atoms with Crippen LogP contribution < -0.4 is 5.32 Å². The molecule has 1 saturated carbocycles. The van der Waals surface area contributed by atoms with Crippen LogP contribution in [0.15, 0.2) is 22.7 Å². The summed E-state index contributed by atoms with van der Waals surface area (Å²) in [6.45, 7) is 6.63. The maximum atomic E-state index is 13.7. The van der Waals surface area contributed by atoms with Crippen LogP contribution in [0.25, 0.3) is 0 Å². The molecule has 1 aromatic carbocycles. The van der Waals surface area contributed by atoms with Crippen molar-refractivity contribution in [2.75, 3.05) is 13.1 Å². The predicted octanol–water partition coefficient (Wildman–Crippen LogP) is 4.79. The van der Waals surface area contributed by atoms with Crippen LogP contribution in [0.3, 0.4) is 0 Å². The Balaban J connectivity index is 2.08. The summed E-state index contributed by atoms with van der Waals surface area (Å²) < 4.78 is 14.3. The van der Waals surface area contributed by atoms with E-state index in [1.165, 1.54) is 25.3 Å². The number of benzene rings is 1. The summed E-state index contributed by atoms with van der Waals surface area (Å²) in [6, 6.07) is 5.39. The molecule has 0 heterocycles. The van der Waals surface area contributed by atoms with E-state index in [0.29, 0.717) is 10.4 Å². The normalized spacial score (nSPS) is 26.7. The first-order chi connectivity index (χ1) is 9.61. The van der Waals surface area contributed by atoms with Crippen LogP contribution in [0.1, 0.15) is 38.7 Å². The van der Waals surface area contributed by atoms with Crippen LogP contribution in [0, 0.1) is 23.6 Å². The fraction of sp³-hybridized carbons (Fsp3) is 0.647. The number of rotatable bonds is 5. The molecular weight excluding hydrogens is 317 g/mol. The van der Waals surface area contributed by atoms with Gasteiger partial charge in [-0.1, -0.05) is 32.4 Å². The highest BCUT2D eigenvalue weighted by atomic mass is 79.9. The second kappa shape index (κ2) is 7.56. The van der Waals surface area contributed by atoms with E-state index in [-0.39, 0.29) is 5.82 Å². The van der Waals surface area contributed by atoms with Crippen molar-refractivity contribution in [2.45, 2.75) is 39.5 Å². The quantitative estimate of drug-likeness (QED) is 0.811. The van der Waals surface area contributed by atoms with Crippen LogP contribution >= 0.6 is 15.9 Å². The van der Waals surface area contributed by atoms with Gasteiger partial charge in [0.1, 0.15) is 5.82 Å². The van der Waals surface area contributed by atoms with E-state index < -0.39 is 0 Å². The van der Waals surface area contributed by atoms with E-state index in [0.717, 1.165) is 36.9 Å². The molecule has 1 nitrogen and oxygen atoms in total. The monoisotopic (exact) mass is 341 g/mol. The van der Waals surface area contributed by atoms with E-state index in [9.17, 15) is 4.39 Å². The summed E-state index contributed by atoms with van der Waals surface area (Å²) in [4.78, 5) is 0. The third-order valence-electron chi connectivity index (χ3n) is 4.57. The molecule has 0 bridgehead atoms. The zero-order chi connectivity index (χ0) is 14.5. The molecule has 2 rings (SSSR count). The SMILES string of the molecule is CCNCC1CCC(C)CC1Cc1cccc(F)c1Br. The maximum absolute atomic E-state index is 13.7. The Kier molecular flexibility index (Phi) is 6.03. The molecule has 0 aliphatic heterocycles. The third kappa shape index (κ3) is 4.05. The van der Waals surface area contributed by atoms with Gasteiger partial charge >= 0.3 is 0 Å². The minimum atomic E-state index is -0.144. The molecule has 3 unspecified atom stereocenters. The lowest BCUT2D eigenvalue weighted by Crippen LogP contribution is -2.33. The van der Waals surface area contributed by atoms with Gasteiger partial charge in [0, 0.05) is 0 Å². The highest BCUT2D eigenvalue weighted by Crippen LogP contribution is 2.37. The van der Waals surface area contributed by atoms with Crippen molar-refractivity contribution in [2.24, 2.45) is 17.8 Å². The predicted molar refractivity (Wildman–Crippen MR) is 86.3 cm³/mol. The lowest BCUT2D eigenvalue weighted by Gasteiger charge is -2.35. The average Bonchev–Trinajstić information content (AvgIpc) is 2.43. The highest BCUT2D eigenvalue weighted by Gasteiger charge is 2.28. The Labute approximate surface area is 130 Å². The van der Waals surface area contributed by atoms with Crippen LogP contribution in [-0.4, -0.2) is 13.1 Å². The third-order valence-corrected chi connectivity index (χ3v) is 5.46. The maximum Gasteiger partial charge on any atom is 0.137 e. The summed E-state index contributed by atoms with van der Waals surface area (Å²) in [5.41, 5.74) is 1.12. The number of halogens is 2. The number of nitrogens with one attached hydrogen (secondary N) is 1. The molecule has 1 N–H and O–H groups in total. The molecule has 0 radical (unpaired) electrons. The van der Waals surface area contributed by atoms with Crippen LogP contribution in [0.5, 0.6) is 0 Å². The van der Waals surface area contributed by atoms with Crippen LogP contribution in [-0.2, 0) is 6.42 Å². The zero-order valence-electron chi connectivity index (χ0n) is 12.5. The molecule has 0 spiro atoms. The van der Waals surface area contributed by atoms with Crippen LogP contribution in [0.2, 0.25) is 0 Å². The van der Waals surface area contributed by atoms with Crippen molar-refractivity contribution in [3.8, 4) is 0 Å². The smallest absolute Gasteiger partial charge is 0.137 e. The zero-order valence-corrected chi connectivity index (χ0v) is 14.0. The molecule has 1 aromatic rings. The van der Waals surface area contributed by atoms with Crippen molar-refractivity contribution in [1.82, 2.24) is 5.32 Å². The van der Waals surface area contributed by atoms with Gasteiger partial charge in [0.25, 0.3) is 0 Å². The number of hydrogen-bond donors (Lipinski definition) is 1. The fourth-order valence-corrected chi connectivity index (χ4v) is 3.82. The summed E-state index contributed by atoms with van der Waals surface area (Å²) in [6.07, 6.45) is 4.88. The molecule has 0 saturated heterocycles. The molecule has 0 amide bonds. The highest BCUT2D eigenvalue weighted by molar-refractivity contribution is 9.10. The topological polar surface area (TPSA) is 12.0 Å². The molecule has 0 aromatic heterocycles. The van der Waals surface area contributed by atoms with Gasteiger partial charge in [0.2, 0.25) is 0 Å². The molecule has 112 valence electrons. The van der Waals surface area contributed by atoms with Crippen molar-refractivity contribution in [1.29, 1.82) is 0 Å². The largest absolute Gasteiger partial charge is 0.317 e. The fourth-order valence-electron chi connectivity index (χ4n) is 3.40. The minimum Gasteiger partial charge on any atom is -0.317 e. The lowest BCUT2D eigenvalue weighted by atomic mass is 9.72. The van der Waals surface area contributed by atoms with Crippen molar-refractivity contribution < 1.29 is 4.39 Å². The van der Waals surface area contributed by atoms with Crippen molar-refractivity contribution in [3.63, 3.8) is 0 Å². The second-order valence-corrected chi connectivity index (χ2v) is 6.96. The Morgan fingerprint density at radius 1 is 1.30 bits per heavy atom. The number of hydrogen-bond acceptors (Lipinski definition) is 1. The minimum absolute atomic E-state index is 0.144. The van der Waals surface area contributed by atoms with Crippen LogP contribution in [0.4, 0.5) is 4.39 Å². The first-order valence-electron chi connectivity index (χ1n) is 7.75. The van der Waals surface area contributed by atoms with Gasteiger partial charge in [-0.25, -0.2) is 4.39 Å². The Morgan fingerprint density at radius 2 is 2.10 bits per heavy atom. The van der Waals surface area contributed by atoms with Gasteiger partial charge in [-0.3, -0.25) is 0 Å². The van der Waals surface area contributed by atoms with E-state index >= 15 is 0 Å². The molecule has 20 heavy (non-hydrogen) atoms. The van der Waals surface area contributed by atoms with Gasteiger partial charge in [-0.15, -0.1) is 0 Å². The Hall–Kier alpha value is -0.410. The molecule has 3 heteroatoms. The first kappa shape index (κ1) is 16.0. The van der Waals surface area contributed by atoms with E-state index in [2.05, 4.69) is 41.2 Å². The Bertz CT molecular complexity index is 433. The van der Waals surface area contributed by atoms with Gasteiger partial charge in [0.05, 0.1) is 4.47 Å². The second-order valence-electron chi connectivity index (χ2n) is 6.16. The molecule has 3 atom stereocenters. The van der Waals surface area contributed by atoms with E-state index in [4.69, 9.17) is 0 Å². The van der Waals surface area contributed by atoms with Gasteiger partial charge in [-0.05, 0) is 77.7 Å². The van der Waals surface area contributed by atoms with Gasteiger partial charge in [0.15, 0.2) is 0 Å². The average molecular weight is 342 g/mol. The van der Waals surface area contributed by atoms with Gasteiger partial charge < -0.3 is 5.32 Å². The first-order valence-corrected chi connectivity index (χ1v) is 8.54. The van der Waals surface area contributed by atoms with Crippen molar-refractivity contribution in [3.05, 3.63) is 34.1 Å². The van der Waals surface area contributed by atoms with Gasteiger partial charge in [-0.2, -0.15) is 0 Å². The standard InChI is InChI=1S/C17H25BrFN/c1-3-20-11-14-8-7-12(2)9-15(14)10-13-5-4-6-16(19)17(13)18/h4-6,12,14-15,20H,3,7-11H2,1-2H3. The summed E-state index contributed by atoms with van der Waals surface area (Å²) in [5, 5.41) is 3.49. The molecule has 1 fully saturated rings. The molecule has 1 aliphatic carbocycles. The van der Waals surface area contributed by atoms with Crippen molar-refractivity contribution >= 4 is 15.9 Å². The summed E-state index contributed by atoms with van der Waals surface area (Å²) in [5.74, 6) is 2.04.